The summed E-state index contributed by atoms with van der Waals surface area (Å²) in [6, 6.07) is -0.703. The number of hydrogen-bond donors (Lipinski definition) is 4. The largest absolute Gasteiger partial charge is 0.356 e. The average Bonchev–Trinajstić information content (AvgIpc) is 2.02. The summed E-state index contributed by atoms with van der Waals surface area (Å²) in [5.74, 6) is -0.0241. The van der Waals surface area contributed by atoms with E-state index in [1.807, 2.05) is 0 Å². The molecule has 0 fully saturated rings. The van der Waals surface area contributed by atoms with Crippen molar-refractivity contribution >= 4 is 12.0 Å². The zero-order valence-electron chi connectivity index (χ0n) is 8.02. The second-order valence-electron chi connectivity index (χ2n) is 2.85. The van der Waals surface area contributed by atoms with E-state index in [-0.39, 0.29) is 5.96 Å². The molecular formula is C8H18N4O. The smallest absolute Gasteiger partial charge is 0.318 e. The van der Waals surface area contributed by atoms with E-state index >= 15 is 0 Å². The molecule has 0 aromatic carbocycles. The van der Waals surface area contributed by atoms with Gasteiger partial charge in [0.2, 0.25) is 0 Å². The summed E-state index contributed by atoms with van der Waals surface area (Å²) in [5.41, 5.74) is 4.81. The van der Waals surface area contributed by atoms with Gasteiger partial charge >= 0.3 is 6.03 Å². The summed E-state index contributed by atoms with van der Waals surface area (Å²) in [6.07, 6.45) is 4.55. The summed E-state index contributed by atoms with van der Waals surface area (Å²) >= 11 is 0. The van der Waals surface area contributed by atoms with Crippen LogP contribution in [0.1, 0.15) is 32.6 Å². The number of amides is 2. The van der Waals surface area contributed by atoms with Gasteiger partial charge in [-0.1, -0.05) is 26.2 Å². The molecule has 2 amide bonds. The van der Waals surface area contributed by atoms with Crippen LogP contribution in [0.3, 0.4) is 0 Å². The maximum Gasteiger partial charge on any atom is 0.318 e. The van der Waals surface area contributed by atoms with Gasteiger partial charge in [0.15, 0.2) is 5.96 Å². The lowest BCUT2D eigenvalue weighted by Gasteiger charge is -2.06. The molecule has 5 nitrogen and oxygen atoms in total. The van der Waals surface area contributed by atoms with Crippen molar-refractivity contribution in [2.45, 2.75) is 32.6 Å². The Hall–Kier alpha value is -1.26. The first-order valence-corrected chi connectivity index (χ1v) is 4.55. The number of rotatable bonds is 5. The first-order chi connectivity index (χ1) is 6.16. The number of nitrogens with one attached hydrogen (secondary N) is 3. The van der Waals surface area contributed by atoms with Gasteiger partial charge in [-0.25, -0.2) is 4.79 Å². The standard InChI is InChI=1S/C8H18N4O/c1-2-3-4-5-6-11-7(9)12-8(10)13/h2-6H2,1H3,(H5,9,10,11,12,13). The van der Waals surface area contributed by atoms with Gasteiger partial charge in [-0.05, 0) is 6.42 Å². The summed E-state index contributed by atoms with van der Waals surface area (Å²) < 4.78 is 0. The lowest BCUT2D eigenvalue weighted by molar-refractivity contribution is 0.253. The molecule has 0 rings (SSSR count). The highest BCUT2D eigenvalue weighted by molar-refractivity contribution is 5.93. The Morgan fingerprint density at radius 1 is 1.38 bits per heavy atom. The third-order valence-electron chi connectivity index (χ3n) is 1.58. The Kier molecular flexibility index (Phi) is 6.68. The maximum absolute atomic E-state index is 10.3. The SMILES string of the molecule is CCCCCCNC(=N)NC(N)=O. The van der Waals surface area contributed by atoms with Crippen LogP contribution in [-0.4, -0.2) is 18.5 Å². The first kappa shape index (κ1) is 11.7. The molecule has 0 aliphatic rings. The molecule has 0 radical (unpaired) electrons. The number of urea groups is 1. The van der Waals surface area contributed by atoms with Crippen LogP contribution in [0.25, 0.3) is 0 Å². The predicted molar refractivity (Wildman–Crippen MR) is 52.6 cm³/mol. The predicted octanol–water partition coefficient (Wildman–Crippen LogP) is 0.759. The fourth-order valence-electron chi connectivity index (χ4n) is 0.933. The molecule has 0 aliphatic heterocycles. The Bertz CT molecular complexity index is 170. The molecule has 0 bridgehead atoms. The van der Waals surface area contributed by atoms with Crippen molar-refractivity contribution in [2.24, 2.45) is 5.73 Å². The molecule has 0 spiro atoms. The van der Waals surface area contributed by atoms with Crippen molar-refractivity contribution in [3.63, 3.8) is 0 Å². The molecular weight excluding hydrogens is 168 g/mol. The van der Waals surface area contributed by atoms with E-state index in [2.05, 4.69) is 17.6 Å². The van der Waals surface area contributed by atoms with E-state index in [0.29, 0.717) is 6.54 Å². The summed E-state index contributed by atoms with van der Waals surface area (Å²) in [5, 5.41) is 12.1. The number of unbranched alkanes of at least 4 members (excludes halogenated alkanes) is 3. The van der Waals surface area contributed by atoms with Crippen molar-refractivity contribution < 1.29 is 4.79 Å². The Morgan fingerprint density at radius 2 is 2.08 bits per heavy atom. The van der Waals surface area contributed by atoms with E-state index in [0.717, 1.165) is 12.8 Å². The second-order valence-corrected chi connectivity index (χ2v) is 2.85. The van der Waals surface area contributed by atoms with Crippen LogP contribution in [-0.2, 0) is 0 Å². The number of nitrogens with two attached hydrogens (primary N) is 1. The van der Waals surface area contributed by atoms with E-state index in [1.54, 1.807) is 0 Å². The third-order valence-corrected chi connectivity index (χ3v) is 1.58. The molecule has 0 aromatic heterocycles. The van der Waals surface area contributed by atoms with Gasteiger partial charge in [0.05, 0.1) is 0 Å². The van der Waals surface area contributed by atoms with Gasteiger partial charge < -0.3 is 11.1 Å². The molecule has 76 valence electrons. The minimum Gasteiger partial charge on any atom is -0.356 e. The van der Waals surface area contributed by atoms with Gasteiger partial charge in [0.1, 0.15) is 0 Å². The Labute approximate surface area is 78.6 Å². The van der Waals surface area contributed by atoms with Gasteiger partial charge in [-0.2, -0.15) is 0 Å². The molecule has 5 N–H and O–H groups in total. The fraction of sp³-hybridized carbons (Fsp3) is 0.750. The molecule has 0 saturated carbocycles. The average molecular weight is 186 g/mol. The monoisotopic (exact) mass is 186 g/mol. The molecule has 5 heteroatoms. The highest BCUT2D eigenvalue weighted by Crippen LogP contribution is 1.96. The Balaban J connectivity index is 3.22. The van der Waals surface area contributed by atoms with E-state index in [4.69, 9.17) is 11.1 Å². The Morgan fingerprint density at radius 3 is 2.62 bits per heavy atom. The second kappa shape index (κ2) is 7.39. The highest BCUT2D eigenvalue weighted by atomic mass is 16.2. The third kappa shape index (κ3) is 8.65. The van der Waals surface area contributed by atoms with Gasteiger partial charge in [0, 0.05) is 6.54 Å². The van der Waals surface area contributed by atoms with Crippen LogP contribution in [0.4, 0.5) is 4.79 Å². The molecule has 13 heavy (non-hydrogen) atoms. The lowest BCUT2D eigenvalue weighted by atomic mass is 10.2. The molecule has 0 atom stereocenters. The summed E-state index contributed by atoms with van der Waals surface area (Å²) in [4.78, 5) is 10.3. The topological polar surface area (TPSA) is 91.0 Å². The molecule has 0 aliphatic carbocycles. The van der Waals surface area contributed by atoms with Crippen LogP contribution in [0.2, 0.25) is 0 Å². The van der Waals surface area contributed by atoms with Crippen LogP contribution in [0, 0.1) is 5.41 Å². The lowest BCUT2D eigenvalue weighted by Crippen LogP contribution is -2.43. The van der Waals surface area contributed by atoms with Crippen molar-refractivity contribution in [2.75, 3.05) is 6.54 Å². The van der Waals surface area contributed by atoms with Gasteiger partial charge in [-0.15, -0.1) is 0 Å². The number of carbonyl (C=O) groups is 1. The van der Waals surface area contributed by atoms with Crippen LogP contribution < -0.4 is 16.4 Å². The number of carbonyl (C=O) groups excluding carboxylic acids is 1. The summed E-state index contributed by atoms with van der Waals surface area (Å²) in [6.45, 7) is 2.85. The number of hydrogen-bond acceptors (Lipinski definition) is 2. The number of primary amides is 1. The molecule has 0 aromatic rings. The molecule has 0 saturated heterocycles. The fourth-order valence-corrected chi connectivity index (χ4v) is 0.933. The van der Waals surface area contributed by atoms with Crippen LogP contribution in [0.5, 0.6) is 0 Å². The van der Waals surface area contributed by atoms with E-state index in [9.17, 15) is 4.79 Å². The molecule has 0 unspecified atom stereocenters. The van der Waals surface area contributed by atoms with E-state index < -0.39 is 6.03 Å². The van der Waals surface area contributed by atoms with Crippen LogP contribution >= 0.6 is 0 Å². The first-order valence-electron chi connectivity index (χ1n) is 4.55. The minimum atomic E-state index is -0.703. The van der Waals surface area contributed by atoms with Crippen molar-refractivity contribution in [3.05, 3.63) is 0 Å². The summed E-state index contributed by atoms with van der Waals surface area (Å²) in [7, 11) is 0. The van der Waals surface area contributed by atoms with Crippen LogP contribution in [0.15, 0.2) is 0 Å². The normalized spacial score (nSPS) is 9.31. The quantitative estimate of drug-likeness (QED) is 0.290. The van der Waals surface area contributed by atoms with Crippen molar-refractivity contribution in [3.8, 4) is 0 Å². The van der Waals surface area contributed by atoms with Gasteiger partial charge in [0.25, 0.3) is 0 Å². The zero-order chi connectivity index (χ0) is 10.1. The van der Waals surface area contributed by atoms with Crippen molar-refractivity contribution in [1.29, 1.82) is 5.41 Å². The van der Waals surface area contributed by atoms with E-state index in [1.165, 1.54) is 12.8 Å². The number of guanidine groups is 1. The highest BCUT2D eigenvalue weighted by Gasteiger charge is 1.96. The van der Waals surface area contributed by atoms with Gasteiger partial charge in [-0.3, -0.25) is 10.7 Å². The van der Waals surface area contributed by atoms with Crippen molar-refractivity contribution in [1.82, 2.24) is 10.6 Å². The maximum atomic E-state index is 10.3. The minimum absolute atomic E-state index is 0.0241. The zero-order valence-corrected chi connectivity index (χ0v) is 8.02. The molecule has 0 heterocycles.